The molecule has 5 N–H and O–H groups in total. The van der Waals surface area contributed by atoms with Gasteiger partial charge in [-0.25, -0.2) is 0 Å². The highest BCUT2D eigenvalue weighted by Gasteiger charge is 1.93. The van der Waals surface area contributed by atoms with E-state index in [1.165, 1.54) is 0 Å². The monoisotopic (exact) mass is 270 g/mol. The molecule has 16 heavy (non-hydrogen) atoms. The predicted octanol–water partition coefficient (Wildman–Crippen LogP) is 0.436. The van der Waals surface area contributed by atoms with E-state index < -0.39 is 16.5 Å². The van der Waals surface area contributed by atoms with Gasteiger partial charge in [-0.05, 0) is 5.56 Å². The highest BCUT2D eigenvalue weighted by molar-refractivity contribution is 7.31. The first-order chi connectivity index (χ1) is 7.40. The lowest BCUT2D eigenvalue weighted by atomic mass is 10.2. The molecule has 0 spiro atoms. The Labute approximate surface area is 93.5 Å². The Morgan fingerprint density at radius 2 is 1.19 bits per heavy atom. The molecule has 0 radical (unpaired) electrons. The number of hydrogen-bond donors (Lipinski definition) is 5. The van der Waals surface area contributed by atoms with E-state index in [2.05, 4.69) is 0 Å². The first kappa shape index (κ1) is 17.6. The van der Waals surface area contributed by atoms with Gasteiger partial charge in [-0.1, -0.05) is 30.3 Å². The summed E-state index contributed by atoms with van der Waals surface area (Å²) in [5.74, 6) is 0. The normalized spacial score (nSPS) is 7.81. The summed E-state index contributed by atoms with van der Waals surface area (Å²) >= 11 is 0. The number of aliphatic hydroxyl groups is 1. The van der Waals surface area contributed by atoms with Crippen LogP contribution in [0.1, 0.15) is 5.56 Å². The van der Waals surface area contributed by atoms with Gasteiger partial charge in [0.25, 0.3) is 0 Å². The molecule has 1 aromatic rings. The van der Waals surface area contributed by atoms with Crippen molar-refractivity contribution in [1.82, 2.24) is 0 Å². The maximum absolute atomic E-state index is 8.70. The molecule has 0 fully saturated rings. The van der Waals surface area contributed by atoms with Crippen LogP contribution in [-0.2, 0) is 15.7 Å². The molecule has 1 aromatic carbocycles. The van der Waals surface area contributed by atoms with Crippen LogP contribution < -0.4 is 0 Å². The fourth-order valence-electron chi connectivity index (χ4n) is 0.583. The van der Waals surface area contributed by atoms with Gasteiger partial charge in [0, 0.05) is 9.13 Å². The van der Waals surface area contributed by atoms with Gasteiger partial charge in [0.1, 0.15) is 0 Å². The predicted molar refractivity (Wildman–Crippen MR) is 56.5 cm³/mol. The zero-order valence-electron chi connectivity index (χ0n) is 8.04. The number of aliphatic hydroxyl groups excluding tert-OH is 1. The van der Waals surface area contributed by atoms with Crippen LogP contribution in [0.15, 0.2) is 30.3 Å². The van der Waals surface area contributed by atoms with E-state index in [0.29, 0.717) is 0 Å². The largest absolute Gasteiger partial charge is 0.692 e. The zero-order valence-corrected chi connectivity index (χ0v) is 9.83. The topological polar surface area (TPSA) is 135 Å². The summed E-state index contributed by atoms with van der Waals surface area (Å²) in [4.78, 5) is 28.5. The lowest BCUT2D eigenvalue weighted by Gasteiger charge is -1.89. The van der Waals surface area contributed by atoms with Crippen LogP contribution in [0.5, 0.6) is 0 Å². The number of benzene rings is 1. The second-order valence-corrected chi connectivity index (χ2v) is 3.16. The molecule has 1 rings (SSSR count). The van der Waals surface area contributed by atoms with Gasteiger partial charge < -0.3 is 5.11 Å². The Bertz CT molecular complexity index is 283. The van der Waals surface area contributed by atoms with Gasteiger partial charge in [0.05, 0.1) is 6.61 Å². The Hall–Kier alpha value is -0.780. The van der Waals surface area contributed by atoms with E-state index in [1.54, 1.807) is 0 Å². The Morgan fingerprint density at radius 3 is 1.38 bits per heavy atom. The van der Waals surface area contributed by atoms with Crippen LogP contribution in [0.4, 0.5) is 0 Å². The molecule has 0 aromatic heterocycles. The molecular weight excluding hydrogens is 258 g/mol. The van der Waals surface area contributed by atoms with Crippen molar-refractivity contribution in [3.05, 3.63) is 35.9 Å². The highest BCUT2D eigenvalue weighted by Crippen LogP contribution is 1.99. The fourth-order valence-corrected chi connectivity index (χ4v) is 0.583. The SMILES string of the molecule is O=[P+](O)O.O=[P+](O)O.OCc1ccccc1. The van der Waals surface area contributed by atoms with E-state index in [4.69, 9.17) is 33.8 Å². The van der Waals surface area contributed by atoms with Crippen molar-refractivity contribution in [1.29, 1.82) is 0 Å². The molecule has 0 aliphatic rings. The van der Waals surface area contributed by atoms with Gasteiger partial charge in [-0.3, -0.25) is 0 Å². The summed E-state index contributed by atoms with van der Waals surface area (Å²) in [5.41, 5.74) is 0.965. The average Bonchev–Trinajstić information content (AvgIpc) is 2.17. The minimum atomic E-state index is -2.87. The molecule has 0 saturated heterocycles. The first-order valence-corrected chi connectivity index (χ1v) is 6.08. The van der Waals surface area contributed by atoms with Crippen molar-refractivity contribution in [2.24, 2.45) is 0 Å². The maximum Gasteiger partial charge on any atom is 0.692 e. The second kappa shape index (κ2) is 12.3. The molecule has 0 unspecified atom stereocenters. The number of hydrogen-bond acceptors (Lipinski definition) is 3. The van der Waals surface area contributed by atoms with Crippen LogP contribution in [0, 0.1) is 0 Å². The van der Waals surface area contributed by atoms with E-state index in [-0.39, 0.29) is 6.61 Å². The van der Waals surface area contributed by atoms with Crippen molar-refractivity contribution in [3.63, 3.8) is 0 Å². The molecule has 9 heteroatoms. The van der Waals surface area contributed by atoms with Gasteiger partial charge in [0.2, 0.25) is 0 Å². The minimum absolute atomic E-state index is 0.140. The van der Waals surface area contributed by atoms with E-state index in [0.717, 1.165) is 5.56 Å². The Kier molecular flexibility index (Phi) is 13.5. The van der Waals surface area contributed by atoms with Crippen LogP contribution >= 0.6 is 16.5 Å². The molecule has 0 amide bonds. The van der Waals surface area contributed by atoms with Crippen molar-refractivity contribution >= 4 is 16.5 Å². The lowest BCUT2D eigenvalue weighted by molar-refractivity contribution is 0.282. The van der Waals surface area contributed by atoms with Gasteiger partial charge in [0.15, 0.2) is 0 Å². The lowest BCUT2D eigenvalue weighted by Crippen LogP contribution is -1.77. The van der Waals surface area contributed by atoms with E-state index in [1.807, 2.05) is 30.3 Å². The molecule has 90 valence electrons. The number of rotatable bonds is 1. The summed E-state index contributed by atoms with van der Waals surface area (Å²) in [7, 11) is -5.74. The van der Waals surface area contributed by atoms with Crippen LogP contribution in [0.25, 0.3) is 0 Å². The standard InChI is InChI=1S/C7H8O.2HO3P/c8-6-7-4-2-1-3-5-7;2*1-4(2)3/h1-5,8H,6H2;2*(H-,1,2,3)/p+2. The average molecular weight is 270 g/mol. The van der Waals surface area contributed by atoms with Crippen molar-refractivity contribution in [2.45, 2.75) is 6.61 Å². The summed E-state index contributed by atoms with van der Waals surface area (Å²) < 4.78 is 17.4. The van der Waals surface area contributed by atoms with E-state index >= 15 is 0 Å². The van der Waals surface area contributed by atoms with Crippen molar-refractivity contribution in [3.8, 4) is 0 Å². The molecule has 7 nitrogen and oxygen atoms in total. The summed E-state index contributed by atoms with van der Waals surface area (Å²) in [6, 6.07) is 9.52. The first-order valence-electron chi connectivity index (χ1n) is 3.75. The molecule has 0 bridgehead atoms. The van der Waals surface area contributed by atoms with Gasteiger partial charge in [-0.15, -0.1) is 19.6 Å². The maximum atomic E-state index is 8.70. The summed E-state index contributed by atoms with van der Waals surface area (Å²) in [5, 5.41) is 8.54. The minimum Gasteiger partial charge on any atom is -0.392 e. The third kappa shape index (κ3) is 23.2. The highest BCUT2D eigenvalue weighted by atomic mass is 31.1. The molecule has 0 aliphatic carbocycles. The third-order valence-electron chi connectivity index (χ3n) is 1.03. The molecule has 0 atom stereocenters. The van der Waals surface area contributed by atoms with E-state index in [9.17, 15) is 0 Å². The zero-order chi connectivity index (χ0) is 13.0. The summed E-state index contributed by atoms with van der Waals surface area (Å²) in [6.07, 6.45) is 0. The van der Waals surface area contributed by atoms with Gasteiger partial charge >= 0.3 is 16.5 Å². The second-order valence-electron chi connectivity index (χ2n) is 2.15. The molecule has 0 aliphatic heterocycles. The Balaban J connectivity index is 0. The fraction of sp³-hybridized carbons (Fsp3) is 0.143. The Morgan fingerprint density at radius 1 is 0.875 bits per heavy atom. The van der Waals surface area contributed by atoms with Crippen LogP contribution in [0.2, 0.25) is 0 Å². The quantitative estimate of drug-likeness (QED) is 0.467. The smallest absolute Gasteiger partial charge is 0.392 e. The van der Waals surface area contributed by atoms with Crippen LogP contribution in [-0.4, -0.2) is 24.7 Å². The van der Waals surface area contributed by atoms with Gasteiger partial charge in [-0.2, -0.15) is 0 Å². The summed E-state index contributed by atoms with van der Waals surface area (Å²) in [6.45, 7) is 0.140. The molecule has 0 heterocycles. The van der Waals surface area contributed by atoms with Crippen molar-refractivity contribution < 1.29 is 33.8 Å². The molecular formula is C7H12O7P2+2. The third-order valence-corrected chi connectivity index (χ3v) is 1.03. The van der Waals surface area contributed by atoms with Crippen molar-refractivity contribution in [2.75, 3.05) is 0 Å². The van der Waals surface area contributed by atoms with Crippen LogP contribution in [0.3, 0.4) is 0 Å². The molecule has 0 saturated carbocycles.